The summed E-state index contributed by atoms with van der Waals surface area (Å²) in [6, 6.07) is 1.75. The molecular formula is C6H4Cl2NO6P. The lowest BCUT2D eigenvalue weighted by atomic mass is 10.3. The second-order valence-corrected chi connectivity index (χ2v) is 4.56. The van der Waals surface area contributed by atoms with Crippen molar-refractivity contribution in [3.05, 3.63) is 32.3 Å². The van der Waals surface area contributed by atoms with Gasteiger partial charge in [0.25, 0.3) is 5.69 Å². The maximum absolute atomic E-state index is 10.5. The van der Waals surface area contributed by atoms with Crippen molar-refractivity contribution in [2.45, 2.75) is 0 Å². The molecule has 0 fully saturated rings. The van der Waals surface area contributed by atoms with Crippen molar-refractivity contribution in [2.75, 3.05) is 0 Å². The number of hydrogen-bond acceptors (Lipinski definition) is 4. The van der Waals surface area contributed by atoms with Crippen LogP contribution in [0.5, 0.6) is 5.75 Å². The van der Waals surface area contributed by atoms with Crippen molar-refractivity contribution in [2.24, 2.45) is 0 Å². The highest BCUT2D eigenvalue weighted by Gasteiger charge is 2.23. The highest BCUT2D eigenvalue weighted by molar-refractivity contribution is 7.46. The van der Waals surface area contributed by atoms with E-state index in [-0.39, 0.29) is 10.0 Å². The first kappa shape index (κ1) is 13.2. The number of rotatable bonds is 3. The minimum Gasteiger partial charge on any atom is -0.401 e. The molecule has 0 unspecified atom stereocenters. The average molecular weight is 288 g/mol. The molecule has 10 heteroatoms. The van der Waals surface area contributed by atoms with E-state index in [2.05, 4.69) is 4.52 Å². The van der Waals surface area contributed by atoms with Gasteiger partial charge in [-0.25, -0.2) is 4.57 Å². The molecule has 1 aromatic rings. The van der Waals surface area contributed by atoms with Crippen LogP contribution < -0.4 is 4.52 Å². The maximum Gasteiger partial charge on any atom is 0.524 e. The Morgan fingerprint density at radius 2 is 1.75 bits per heavy atom. The van der Waals surface area contributed by atoms with Gasteiger partial charge in [-0.05, 0) is 0 Å². The Morgan fingerprint density at radius 1 is 1.31 bits per heavy atom. The highest BCUT2D eigenvalue weighted by Crippen LogP contribution is 2.45. The van der Waals surface area contributed by atoms with Gasteiger partial charge in [-0.2, -0.15) is 0 Å². The van der Waals surface area contributed by atoms with E-state index < -0.39 is 24.2 Å². The van der Waals surface area contributed by atoms with E-state index in [9.17, 15) is 14.7 Å². The molecule has 0 amide bonds. The van der Waals surface area contributed by atoms with Gasteiger partial charge < -0.3 is 4.52 Å². The second-order valence-electron chi connectivity index (χ2n) is 2.58. The number of nitro benzene ring substituents is 1. The number of benzene rings is 1. The van der Waals surface area contributed by atoms with E-state index in [4.69, 9.17) is 33.0 Å². The van der Waals surface area contributed by atoms with Crippen molar-refractivity contribution in [3.8, 4) is 5.75 Å². The van der Waals surface area contributed by atoms with E-state index in [1.807, 2.05) is 0 Å². The Balaban J connectivity index is 3.23. The van der Waals surface area contributed by atoms with Crippen LogP contribution in [-0.2, 0) is 4.57 Å². The molecule has 0 saturated carbocycles. The zero-order chi connectivity index (χ0) is 12.5. The van der Waals surface area contributed by atoms with Gasteiger partial charge in [-0.3, -0.25) is 19.9 Å². The molecule has 0 aromatic heterocycles. The average Bonchev–Trinajstić information content (AvgIpc) is 2.09. The Bertz CT molecular complexity index is 463. The summed E-state index contributed by atoms with van der Waals surface area (Å²) in [5.41, 5.74) is -0.409. The van der Waals surface area contributed by atoms with Crippen LogP contribution in [0.4, 0.5) is 5.69 Å². The van der Waals surface area contributed by atoms with E-state index >= 15 is 0 Å². The molecule has 0 aliphatic carbocycles. The largest absolute Gasteiger partial charge is 0.524 e. The number of phosphoric acid groups is 1. The first-order valence-electron chi connectivity index (χ1n) is 3.59. The van der Waals surface area contributed by atoms with E-state index in [1.54, 1.807) is 0 Å². The Hall–Kier alpha value is -0.850. The van der Waals surface area contributed by atoms with Crippen LogP contribution in [0, 0.1) is 10.1 Å². The number of hydrogen-bond donors (Lipinski definition) is 2. The van der Waals surface area contributed by atoms with Gasteiger partial charge in [0, 0.05) is 12.1 Å². The van der Waals surface area contributed by atoms with Gasteiger partial charge >= 0.3 is 7.82 Å². The summed E-state index contributed by atoms with van der Waals surface area (Å²) in [4.78, 5) is 26.7. The Labute approximate surface area is 98.9 Å². The molecule has 0 aliphatic rings. The standard InChI is InChI=1S/C6H4Cl2NO6P/c7-4-1-3(9(10)11)2-5(8)6(4)15-16(12,13)14/h1-2H,(H2,12,13,14). The van der Waals surface area contributed by atoms with Crippen molar-refractivity contribution in [1.82, 2.24) is 0 Å². The predicted octanol–water partition coefficient (Wildman–Crippen LogP) is 2.37. The summed E-state index contributed by atoms with van der Waals surface area (Å²) >= 11 is 11.1. The molecular weight excluding hydrogens is 284 g/mol. The smallest absolute Gasteiger partial charge is 0.401 e. The molecule has 0 saturated heterocycles. The van der Waals surface area contributed by atoms with Crippen LogP contribution in [-0.4, -0.2) is 14.7 Å². The van der Waals surface area contributed by atoms with Gasteiger partial charge in [0.2, 0.25) is 0 Å². The summed E-state index contributed by atoms with van der Waals surface area (Å²) in [6.45, 7) is 0. The summed E-state index contributed by atoms with van der Waals surface area (Å²) in [7, 11) is -4.82. The lowest BCUT2D eigenvalue weighted by molar-refractivity contribution is -0.384. The van der Waals surface area contributed by atoms with Crippen LogP contribution in [0.3, 0.4) is 0 Å². The zero-order valence-electron chi connectivity index (χ0n) is 7.33. The molecule has 0 spiro atoms. The molecule has 2 N–H and O–H groups in total. The van der Waals surface area contributed by atoms with Crippen molar-refractivity contribution in [1.29, 1.82) is 0 Å². The summed E-state index contributed by atoms with van der Waals surface area (Å²) in [6.07, 6.45) is 0. The molecule has 16 heavy (non-hydrogen) atoms. The van der Waals surface area contributed by atoms with Crippen molar-refractivity contribution >= 4 is 36.7 Å². The molecule has 1 rings (SSSR count). The number of phosphoric ester groups is 1. The summed E-state index contributed by atoms with van der Waals surface area (Å²) in [5, 5.41) is 9.68. The Morgan fingerprint density at radius 3 is 2.06 bits per heavy atom. The normalized spacial score (nSPS) is 11.2. The van der Waals surface area contributed by atoms with Crippen LogP contribution in [0.25, 0.3) is 0 Å². The van der Waals surface area contributed by atoms with Crippen LogP contribution in [0.1, 0.15) is 0 Å². The SMILES string of the molecule is O=[N+]([O-])c1cc(Cl)c(OP(=O)(O)O)c(Cl)c1. The summed E-state index contributed by atoms with van der Waals surface area (Å²) < 4.78 is 14.7. The third-order valence-corrected chi connectivity index (χ3v) is 2.39. The lowest BCUT2D eigenvalue weighted by Crippen LogP contribution is -1.94. The number of non-ortho nitro benzene ring substituents is 1. The fourth-order valence-corrected chi connectivity index (χ4v) is 1.95. The van der Waals surface area contributed by atoms with Crippen LogP contribution >= 0.6 is 31.0 Å². The van der Waals surface area contributed by atoms with E-state index in [0.717, 1.165) is 12.1 Å². The van der Waals surface area contributed by atoms with Gasteiger partial charge in [0.1, 0.15) is 0 Å². The molecule has 0 heterocycles. The predicted molar refractivity (Wildman–Crippen MR) is 55.8 cm³/mol. The minimum atomic E-state index is -4.82. The number of nitro groups is 1. The zero-order valence-corrected chi connectivity index (χ0v) is 9.74. The molecule has 0 atom stereocenters. The van der Waals surface area contributed by atoms with Gasteiger partial charge in [-0.15, -0.1) is 0 Å². The molecule has 1 aromatic carbocycles. The topological polar surface area (TPSA) is 110 Å². The second kappa shape index (κ2) is 4.57. The molecule has 0 radical (unpaired) electrons. The summed E-state index contributed by atoms with van der Waals surface area (Å²) in [5.74, 6) is -0.498. The highest BCUT2D eigenvalue weighted by atomic mass is 35.5. The third-order valence-electron chi connectivity index (χ3n) is 1.40. The lowest BCUT2D eigenvalue weighted by Gasteiger charge is -2.09. The number of halogens is 2. The molecule has 0 bridgehead atoms. The number of nitrogens with zero attached hydrogens (tertiary/aromatic N) is 1. The van der Waals surface area contributed by atoms with E-state index in [1.165, 1.54) is 0 Å². The van der Waals surface area contributed by atoms with Crippen LogP contribution in [0.15, 0.2) is 12.1 Å². The minimum absolute atomic E-state index is 0.359. The van der Waals surface area contributed by atoms with Crippen molar-refractivity contribution in [3.63, 3.8) is 0 Å². The van der Waals surface area contributed by atoms with Crippen LogP contribution in [0.2, 0.25) is 10.0 Å². The first-order valence-corrected chi connectivity index (χ1v) is 5.88. The van der Waals surface area contributed by atoms with Gasteiger partial charge in [0.05, 0.1) is 15.0 Å². The molecule has 7 nitrogen and oxygen atoms in total. The first-order chi connectivity index (χ1) is 7.20. The third kappa shape index (κ3) is 3.33. The quantitative estimate of drug-likeness (QED) is 0.502. The molecule has 88 valence electrons. The molecule has 0 aliphatic heterocycles. The fraction of sp³-hybridized carbons (Fsp3) is 0. The van der Waals surface area contributed by atoms with E-state index in [0.29, 0.717) is 0 Å². The van der Waals surface area contributed by atoms with Crippen molar-refractivity contribution < 1.29 is 23.8 Å². The maximum atomic E-state index is 10.5. The fourth-order valence-electron chi connectivity index (χ4n) is 0.858. The Kier molecular flexibility index (Phi) is 3.77. The monoisotopic (exact) mass is 287 g/mol. The van der Waals surface area contributed by atoms with Gasteiger partial charge in [0.15, 0.2) is 5.75 Å². The van der Waals surface area contributed by atoms with Gasteiger partial charge in [-0.1, -0.05) is 23.2 Å².